The smallest absolute Gasteiger partial charge is 0.416 e. The van der Waals surface area contributed by atoms with Gasteiger partial charge < -0.3 is 4.74 Å². The first-order valence-electron chi connectivity index (χ1n) is 7.93. The summed E-state index contributed by atoms with van der Waals surface area (Å²) >= 11 is 4.48. The Bertz CT molecular complexity index is 847. The minimum absolute atomic E-state index is 0.0288. The van der Waals surface area contributed by atoms with Crippen molar-refractivity contribution in [3.8, 4) is 0 Å². The summed E-state index contributed by atoms with van der Waals surface area (Å²) in [6.07, 6.45) is -9.06. The van der Waals surface area contributed by atoms with Crippen molar-refractivity contribution in [1.29, 1.82) is 0 Å². The molecule has 3 nitrogen and oxygen atoms in total. The number of ether oxygens (including phenoxy) is 1. The van der Waals surface area contributed by atoms with Gasteiger partial charge in [-0.2, -0.15) is 26.3 Å². The lowest BCUT2D eigenvalue weighted by atomic mass is 9.97. The van der Waals surface area contributed by atoms with Crippen LogP contribution in [0.3, 0.4) is 0 Å². The predicted octanol–water partition coefficient (Wildman–Crippen LogP) is 5.75. The molecule has 0 fully saturated rings. The summed E-state index contributed by atoms with van der Waals surface area (Å²) in [6.45, 7) is 0. The highest BCUT2D eigenvalue weighted by molar-refractivity contribution is 9.09. The molecule has 2 aromatic rings. The van der Waals surface area contributed by atoms with Gasteiger partial charge in [0.05, 0.1) is 18.2 Å². The van der Waals surface area contributed by atoms with Gasteiger partial charge >= 0.3 is 18.3 Å². The number of esters is 1. The molecule has 1 unspecified atom stereocenters. The molecule has 0 aliphatic heterocycles. The minimum atomic E-state index is -4.98. The molecule has 0 saturated heterocycles. The Kier molecular flexibility index (Phi) is 7.15. The zero-order valence-electron chi connectivity index (χ0n) is 14.8. The molecular formula is C18H14BrF6NO2S. The van der Waals surface area contributed by atoms with Crippen LogP contribution < -0.4 is 0 Å². The molecular weight excluding hydrogens is 488 g/mol. The van der Waals surface area contributed by atoms with Gasteiger partial charge in [0.15, 0.2) is 5.54 Å². The quantitative estimate of drug-likeness (QED) is 0.218. The fourth-order valence-electron chi connectivity index (χ4n) is 2.45. The number of aliphatic imine (C=N–C) groups is 1. The number of hydrogen-bond donors (Lipinski definition) is 0. The zero-order valence-corrected chi connectivity index (χ0v) is 17.2. The summed E-state index contributed by atoms with van der Waals surface area (Å²) in [5, 5.41) is 1.71. The van der Waals surface area contributed by atoms with Crippen molar-refractivity contribution < 1.29 is 35.9 Å². The summed E-state index contributed by atoms with van der Waals surface area (Å²) in [6, 6.07) is 4.58. The summed E-state index contributed by atoms with van der Waals surface area (Å²) in [5.74, 6) is -0.776. The number of methoxy groups -OCH3 is 1. The molecule has 1 aromatic heterocycles. The van der Waals surface area contributed by atoms with Crippen LogP contribution in [0.25, 0.3) is 0 Å². The first-order valence-corrected chi connectivity index (χ1v) is 9.93. The highest BCUT2D eigenvalue weighted by atomic mass is 79.9. The molecule has 0 bridgehead atoms. The minimum Gasteiger partial charge on any atom is -0.467 e. The van der Waals surface area contributed by atoms with Crippen LogP contribution in [0.1, 0.15) is 21.6 Å². The van der Waals surface area contributed by atoms with Crippen LogP contribution in [0.2, 0.25) is 0 Å². The maximum atomic E-state index is 13.0. The van der Waals surface area contributed by atoms with Crippen molar-refractivity contribution in [2.75, 3.05) is 12.4 Å². The van der Waals surface area contributed by atoms with Crippen molar-refractivity contribution in [3.05, 3.63) is 57.3 Å². The van der Waals surface area contributed by atoms with Crippen molar-refractivity contribution >= 4 is 39.5 Å². The van der Waals surface area contributed by atoms with Gasteiger partial charge in [0.25, 0.3) is 0 Å². The Balaban J connectivity index is 2.53. The number of benzene rings is 1. The first-order chi connectivity index (χ1) is 13.4. The molecule has 1 atom stereocenters. The monoisotopic (exact) mass is 501 g/mol. The van der Waals surface area contributed by atoms with E-state index in [0.717, 1.165) is 18.2 Å². The first kappa shape index (κ1) is 23.4. The van der Waals surface area contributed by atoms with Crippen LogP contribution in [-0.4, -0.2) is 30.2 Å². The van der Waals surface area contributed by atoms with Gasteiger partial charge in [0.2, 0.25) is 0 Å². The van der Waals surface area contributed by atoms with Crippen LogP contribution in [0.15, 0.2) is 40.7 Å². The van der Waals surface area contributed by atoms with E-state index in [0.29, 0.717) is 12.1 Å². The Morgan fingerprint density at radius 3 is 2.14 bits per heavy atom. The Morgan fingerprint density at radius 1 is 1.14 bits per heavy atom. The molecule has 11 heteroatoms. The summed E-state index contributed by atoms with van der Waals surface area (Å²) in [5.41, 5.74) is -4.91. The molecule has 0 amide bonds. The largest absolute Gasteiger partial charge is 0.467 e. The number of nitrogens with zero attached hydrogens (tertiary/aromatic N) is 1. The molecule has 0 aliphatic rings. The third kappa shape index (κ3) is 5.81. The van der Waals surface area contributed by atoms with E-state index in [1.165, 1.54) is 11.3 Å². The third-order valence-electron chi connectivity index (χ3n) is 3.90. The van der Waals surface area contributed by atoms with Gasteiger partial charge in [-0.15, -0.1) is 11.3 Å². The summed E-state index contributed by atoms with van der Waals surface area (Å²) in [4.78, 5) is 17.1. The second-order valence-corrected chi connectivity index (χ2v) is 7.60. The molecule has 0 saturated carbocycles. The maximum absolute atomic E-state index is 13.0. The van der Waals surface area contributed by atoms with Gasteiger partial charge in [-0.1, -0.05) is 22.0 Å². The van der Waals surface area contributed by atoms with Crippen LogP contribution >= 0.6 is 27.3 Å². The van der Waals surface area contributed by atoms with Gasteiger partial charge in [0, 0.05) is 22.8 Å². The second-order valence-electron chi connectivity index (χ2n) is 6.01. The van der Waals surface area contributed by atoms with Gasteiger partial charge in [-0.05, 0) is 35.2 Å². The number of carbonyl (C=O) groups excluding carboxylic acids is 1. The fraction of sp³-hybridized carbons (Fsp3) is 0.333. The van der Waals surface area contributed by atoms with Crippen molar-refractivity contribution in [3.63, 3.8) is 0 Å². The van der Waals surface area contributed by atoms with Crippen molar-refractivity contribution in [2.24, 2.45) is 4.99 Å². The van der Waals surface area contributed by atoms with Gasteiger partial charge in [-0.25, -0.2) is 4.79 Å². The van der Waals surface area contributed by atoms with E-state index in [1.807, 2.05) is 0 Å². The number of carbonyl (C=O) groups is 1. The van der Waals surface area contributed by atoms with Crippen LogP contribution in [0.4, 0.5) is 26.3 Å². The maximum Gasteiger partial charge on any atom is 0.416 e. The van der Waals surface area contributed by atoms with E-state index in [-0.39, 0.29) is 17.8 Å². The molecule has 1 aromatic carbocycles. The van der Waals surface area contributed by atoms with E-state index in [9.17, 15) is 31.1 Å². The highest BCUT2D eigenvalue weighted by Crippen LogP contribution is 2.36. The molecule has 29 heavy (non-hydrogen) atoms. The molecule has 0 spiro atoms. The Morgan fingerprint density at radius 2 is 1.72 bits per heavy atom. The molecule has 2 rings (SSSR count). The topological polar surface area (TPSA) is 38.7 Å². The van der Waals surface area contributed by atoms with Crippen molar-refractivity contribution in [2.45, 2.75) is 24.3 Å². The molecule has 0 N–H and O–H groups in total. The van der Waals surface area contributed by atoms with Crippen LogP contribution in [0, 0.1) is 0 Å². The third-order valence-corrected chi connectivity index (χ3v) is 5.71. The van der Waals surface area contributed by atoms with Gasteiger partial charge in [0.1, 0.15) is 0 Å². The summed E-state index contributed by atoms with van der Waals surface area (Å²) < 4.78 is 82.9. The van der Waals surface area contributed by atoms with E-state index >= 15 is 0 Å². The Hall–Kier alpha value is -1.88. The van der Waals surface area contributed by atoms with E-state index < -0.39 is 40.6 Å². The number of alkyl halides is 7. The van der Waals surface area contributed by atoms with Crippen LogP contribution in [-0.2, 0) is 28.3 Å². The standard InChI is InChI=1S/C18H14BrF6NO2S/c1-28-15(27)16(10-19,8-14-3-2-4-29-14)26-9-11-5-12(17(20,21)22)7-13(6-11)18(23,24)25/h2-7,9H,8,10H2,1H3. The Labute approximate surface area is 174 Å². The van der Waals surface area contributed by atoms with E-state index in [4.69, 9.17) is 4.74 Å². The van der Waals surface area contributed by atoms with E-state index in [1.54, 1.807) is 17.5 Å². The zero-order chi connectivity index (χ0) is 21.9. The number of thiophene rings is 1. The van der Waals surface area contributed by atoms with Gasteiger partial charge in [-0.3, -0.25) is 4.99 Å². The summed E-state index contributed by atoms with van der Waals surface area (Å²) in [7, 11) is 1.12. The van der Waals surface area contributed by atoms with E-state index in [2.05, 4.69) is 20.9 Å². The number of rotatable bonds is 6. The van der Waals surface area contributed by atoms with Crippen LogP contribution in [0.5, 0.6) is 0 Å². The van der Waals surface area contributed by atoms with Crippen molar-refractivity contribution in [1.82, 2.24) is 0 Å². The molecule has 0 radical (unpaired) electrons. The second kappa shape index (κ2) is 8.86. The number of hydrogen-bond acceptors (Lipinski definition) is 4. The molecule has 0 aliphatic carbocycles. The number of halogens is 7. The highest BCUT2D eigenvalue weighted by Gasteiger charge is 2.39. The molecule has 1 heterocycles. The fourth-order valence-corrected chi connectivity index (χ4v) is 3.83. The SMILES string of the molecule is COC(=O)C(CBr)(Cc1cccs1)N=Cc1cc(C(F)(F)F)cc(C(F)(F)F)c1. The predicted molar refractivity (Wildman–Crippen MR) is 101 cm³/mol. The average molecular weight is 502 g/mol. The lowest BCUT2D eigenvalue weighted by Gasteiger charge is -2.24. The average Bonchev–Trinajstić information content (AvgIpc) is 3.15. The normalized spacial score (nSPS) is 14.8. The molecule has 158 valence electrons. The lowest BCUT2D eigenvalue weighted by molar-refractivity contribution is -0.146. The lowest BCUT2D eigenvalue weighted by Crippen LogP contribution is -2.42.